The lowest BCUT2D eigenvalue weighted by Crippen LogP contribution is -2.29. The van der Waals surface area contributed by atoms with Crippen molar-refractivity contribution in [2.45, 2.75) is 6.92 Å². The first-order valence-corrected chi connectivity index (χ1v) is 4.88. The zero-order valence-electron chi connectivity index (χ0n) is 8.84. The van der Waals surface area contributed by atoms with Gasteiger partial charge in [-0.3, -0.25) is 4.79 Å². The number of rotatable bonds is 4. The first kappa shape index (κ1) is 12.6. The molecule has 3 nitrogen and oxygen atoms in total. The van der Waals surface area contributed by atoms with Gasteiger partial charge in [0.25, 0.3) is 5.91 Å². The number of aliphatic hydroxyl groups excluding tert-OH is 1. The van der Waals surface area contributed by atoms with E-state index in [1.807, 2.05) is 0 Å². The quantitative estimate of drug-likeness (QED) is 0.818. The van der Waals surface area contributed by atoms with Gasteiger partial charge in [0.1, 0.15) is 11.6 Å². The average Bonchev–Trinajstić information content (AvgIpc) is 2.23. The van der Waals surface area contributed by atoms with Crippen molar-refractivity contribution < 1.29 is 18.7 Å². The van der Waals surface area contributed by atoms with Gasteiger partial charge in [0, 0.05) is 24.8 Å². The van der Waals surface area contributed by atoms with Gasteiger partial charge in [-0.2, -0.15) is 0 Å². The Morgan fingerprint density at radius 1 is 1.38 bits per heavy atom. The summed E-state index contributed by atoms with van der Waals surface area (Å²) in [5.74, 6) is -2.23. The van der Waals surface area contributed by atoms with Crippen LogP contribution in [0.4, 0.5) is 8.78 Å². The third-order valence-electron chi connectivity index (χ3n) is 2.05. The van der Waals surface area contributed by atoms with E-state index in [1.165, 1.54) is 0 Å². The summed E-state index contributed by atoms with van der Waals surface area (Å²) < 4.78 is 25.6. The molecular weight excluding hydrogens is 216 g/mol. The highest BCUT2D eigenvalue weighted by atomic mass is 19.1. The maximum absolute atomic E-state index is 12.8. The number of carbonyl (C=O) groups is 1. The average molecular weight is 229 g/mol. The minimum atomic E-state index is -0.791. The Labute approximate surface area is 92.1 Å². The number of aliphatic hydroxyl groups is 1. The van der Waals surface area contributed by atoms with E-state index >= 15 is 0 Å². The van der Waals surface area contributed by atoms with Gasteiger partial charge in [0.15, 0.2) is 0 Å². The van der Waals surface area contributed by atoms with Crippen molar-refractivity contribution in [1.29, 1.82) is 0 Å². The molecule has 16 heavy (non-hydrogen) atoms. The zero-order valence-corrected chi connectivity index (χ0v) is 8.84. The van der Waals surface area contributed by atoms with Crippen LogP contribution in [0.3, 0.4) is 0 Å². The van der Waals surface area contributed by atoms with Crippen LogP contribution in [0.1, 0.15) is 17.3 Å². The summed E-state index contributed by atoms with van der Waals surface area (Å²) >= 11 is 0. The maximum atomic E-state index is 12.8. The molecule has 0 spiro atoms. The highest BCUT2D eigenvalue weighted by Crippen LogP contribution is 2.07. The van der Waals surface area contributed by atoms with E-state index in [0.29, 0.717) is 6.07 Å². The Morgan fingerprint density at radius 3 is 2.44 bits per heavy atom. The van der Waals surface area contributed by atoms with Crippen LogP contribution in [0, 0.1) is 17.6 Å². The number of carbonyl (C=O) groups excluding carboxylic acids is 1. The molecule has 1 aromatic carbocycles. The van der Waals surface area contributed by atoms with Crippen LogP contribution >= 0.6 is 0 Å². The van der Waals surface area contributed by atoms with Crippen LogP contribution in [0.5, 0.6) is 0 Å². The Morgan fingerprint density at radius 2 is 1.94 bits per heavy atom. The summed E-state index contributed by atoms with van der Waals surface area (Å²) in [5, 5.41) is 11.2. The van der Waals surface area contributed by atoms with Gasteiger partial charge in [-0.25, -0.2) is 8.78 Å². The van der Waals surface area contributed by atoms with Crippen LogP contribution in [0.25, 0.3) is 0 Å². The predicted molar refractivity (Wildman–Crippen MR) is 54.9 cm³/mol. The number of hydrogen-bond acceptors (Lipinski definition) is 2. The SMILES string of the molecule is CC(CO)CNC(=O)c1cc(F)cc(F)c1. The van der Waals surface area contributed by atoms with Crippen molar-refractivity contribution in [3.8, 4) is 0 Å². The van der Waals surface area contributed by atoms with Gasteiger partial charge in [-0.05, 0) is 18.1 Å². The number of hydrogen-bond donors (Lipinski definition) is 2. The van der Waals surface area contributed by atoms with E-state index in [-0.39, 0.29) is 24.6 Å². The van der Waals surface area contributed by atoms with E-state index in [1.54, 1.807) is 6.92 Å². The molecule has 0 aliphatic heterocycles. The number of halogens is 2. The van der Waals surface area contributed by atoms with Gasteiger partial charge < -0.3 is 10.4 Å². The molecule has 88 valence electrons. The fourth-order valence-electron chi connectivity index (χ4n) is 1.12. The van der Waals surface area contributed by atoms with Crippen molar-refractivity contribution in [3.05, 3.63) is 35.4 Å². The van der Waals surface area contributed by atoms with Crippen LogP contribution in [0.2, 0.25) is 0 Å². The topological polar surface area (TPSA) is 49.3 Å². The first-order chi connectivity index (χ1) is 7.52. The lowest BCUT2D eigenvalue weighted by molar-refractivity contribution is 0.0941. The number of nitrogens with one attached hydrogen (secondary N) is 1. The van der Waals surface area contributed by atoms with E-state index in [4.69, 9.17) is 5.11 Å². The molecule has 0 saturated carbocycles. The minimum Gasteiger partial charge on any atom is -0.396 e. The van der Waals surface area contributed by atoms with Crippen LogP contribution in [-0.2, 0) is 0 Å². The molecule has 5 heteroatoms. The second-order valence-electron chi connectivity index (χ2n) is 3.66. The van der Waals surface area contributed by atoms with Gasteiger partial charge >= 0.3 is 0 Å². The lowest BCUT2D eigenvalue weighted by atomic mass is 10.1. The Bertz CT molecular complexity index is 362. The summed E-state index contributed by atoms with van der Waals surface area (Å²) in [5.41, 5.74) is -0.0670. The monoisotopic (exact) mass is 229 g/mol. The third kappa shape index (κ3) is 3.58. The molecule has 1 atom stereocenters. The molecule has 1 amide bonds. The van der Waals surface area contributed by atoms with Gasteiger partial charge in [0.2, 0.25) is 0 Å². The Hall–Kier alpha value is -1.49. The fourth-order valence-corrected chi connectivity index (χ4v) is 1.12. The summed E-state index contributed by atoms with van der Waals surface area (Å²) in [7, 11) is 0. The molecule has 0 aliphatic rings. The number of benzene rings is 1. The molecule has 0 saturated heterocycles. The predicted octanol–water partition coefficient (Wildman–Crippen LogP) is 1.32. The summed E-state index contributed by atoms with van der Waals surface area (Å²) in [6.07, 6.45) is 0. The molecule has 0 aliphatic carbocycles. The van der Waals surface area contributed by atoms with Crippen molar-refractivity contribution in [2.75, 3.05) is 13.2 Å². The smallest absolute Gasteiger partial charge is 0.251 e. The second-order valence-corrected chi connectivity index (χ2v) is 3.66. The van der Waals surface area contributed by atoms with E-state index in [9.17, 15) is 13.6 Å². The molecular formula is C11H13F2NO2. The second kappa shape index (κ2) is 5.55. The van der Waals surface area contributed by atoms with Gasteiger partial charge in [0.05, 0.1) is 0 Å². The van der Waals surface area contributed by atoms with Crippen molar-refractivity contribution in [2.24, 2.45) is 5.92 Å². The Kier molecular flexibility index (Phi) is 4.37. The summed E-state index contributed by atoms with van der Waals surface area (Å²) in [6, 6.07) is 2.62. The van der Waals surface area contributed by atoms with E-state index in [2.05, 4.69) is 5.32 Å². The highest BCUT2D eigenvalue weighted by Gasteiger charge is 2.09. The maximum Gasteiger partial charge on any atom is 0.251 e. The van der Waals surface area contributed by atoms with Crippen molar-refractivity contribution >= 4 is 5.91 Å². The van der Waals surface area contributed by atoms with Crippen LogP contribution < -0.4 is 5.32 Å². The van der Waals surface area contributed by atoms with E-state index < -0.39 is 17.5 Å². The molecule has 0 bridgehead atoms. The number of amides is 1. The molecule has 0 aromatic heterocycles. The molecule has 2 N–H and O–H groups in total. The first-order valence-electron chi connectivity index (χ1n) is 4.88. The summed E-state index contributed by atoms with van der Waals surface area (Å²) in [6.45, 7) is 1.94. The Balaban J connectivity index is 2.66. The zero-order chi connectivity index (χ0) is 12.1. The molecule has 0 radical (unpaired) electrons. The largest absolute Gasteiger partial charge is 0.396 e. The molecule has 1 unspecified atom stereocenters. The molecule has 1 rings (SSSR count). The highest BCUT2D eigenvalue weighted by molar-refractivity contribution is 5.94. The van der Waals surface area contributed by atoms with Crippen LogP contribution in [0.15, 0.2) is 18.2 Å². The normalized spacial score (nSPS) is 12.2. The van der Waals surface area contributed by atoms with Crippen molar-refractivity contribution in [3.63, 3.8) is 0 Å². The molecule has 0 fully saturated rings. The summed E-state index contributed by atoms with van der Waals surface area (Å²) in [4.78, 5) is 11.4. The molecule has 0 heterocycles. The van der Waals surface area contributed by atoms with Gasteiger partial charge in [-0.15, -0.1) is 0 Å². The lowest BCUT2D eigenvalue weighted by Gasteiger charge is -2.09. The standard InChI is InChI=1S/C11H13F2NO2/c1-7(6-15)5-14-11(16)8-2-9(12)4-10(13)3-8/h2-4,7,15H,5-6H2,1H3,(H,14,16). The van der Waals surface area contributed by atoms with Crippen LogP contribution in [-0.4, -0.2) is 24.2 Å². The van der Waals surface area contributed by atoms with E-state index in [0.717, 1.165) is 12.1 Å². The molecule has 1 aromatic rings. The van der Waals surface area contributed by atoms with Crippen molar-refractivity contribution in [1.82, 2.24) is 5.32 Å². The third-order valence-corrected chi connectivity index (χ3v) is 2.05. The fraction of sp³-hybridized carbons (Fsp3) is 0.364. The van der Waals surface area contributed by atoms with Gasteiger partial charge in [-0.1, -0.05) is 6.92 Å². The minimum absolute atomic E-state index is 0.0577.